The molecule has 0 radical (unpaired) electrons. The third-order valence-corrected chi connectivity index (χ3v) is 3.49. The monoisotopic (exact) mass is 280 g/mol. The number of aliphatic hydroxyl groups excluding tert-OH is 1. The van der Waals surface area contributed by atoms with Gasteiger partial charge in [-0.25, -0.2) is 8.78 Å². The van der Waals surface area contributed by atoms with Crippen molar-refractivity contribution in [1.82, 2.24) is 0 Å². The Labute approximate surface area is 114 Å². The fraction of sp³-hybridized carbons (Fsp3) is 0.200. The molecule has 0 amide bonds. The normalized spacial score (nSPS) is 11.6. The highest BCUT2D eigenvalue weighted by Crippen LogP contribution is 2.35. The van der Waals surface area contributed by atoms with Gasteiger partial charge in [0.2, 0.25) is 0 Å². The third kappa shape index (κ3) is 2.32. The van der Waals surface area contributed by atoms with Crippen molar-refractivity contribution in [2.45, 2.75) is 12.3 Å². The van der Waals surface area contributed by atoms with Crippen LogP contribution >= 0.6 is 0 Å². The molecular formula is C15H14F2O3. The van der Waals surface area contributed by atoms with E-state index in [4.69, 9.17) is 0 Å². The number of aromatic hydroxyl groups is 2. The van der Waals surface area contributed by atoms with E-state index >= 15 is 0 Å². The Kier molecular flexibility index (Phi) is 3.63. The molecule has 0 aliphatic carbocycles. The van der Waals surface area contributed by atoms with Gasteiger partial charge in [0.25, 0.3) is 0 Å². The first-order valence-electron chi connectivity index (χ1n) is 5.97. The summed E-state index contributed by atoms with van der Waals surface area (Å²) in [6.07, 6.45) is 0. The van der Waals surface area contributed by atoms with Crippen molar-refractivity contribution in [2.24, 2.45) is 0 Å². The first-order valence-corrected chi connectivity index (χ1v) is 5.97. The second-order valence-corrected chi connectivity index (χ2v) is 4.82. The van der Waals surface area contributed by atoms with Gasteiger partial charge in [0.15, 0.2) is 23.1 Å². The van der Waals surface area contributed by atoms with Crippen LogP contribution in [0.3, 0.4) is 0 Å². The van der Waals surface area contributed by atoms with Crippen LogP contribution in [0.5, 0.6) is 11.5 Å². The van der Waals surface area contributed by atoms with Gasteiger partial charge < -0.3 is 15.3 Å². The number of benzene rings is 2. The van der Waals surface area contributed by atoms with Crippen LogP contribution in [0.15, 0.2) is 36.4 Å². The van der Waals surface area contributed by atoms with Crippen molar-refractivity contribution in [3.63, 3.8) is 0 Å². The average molecular weight is 280 g/mol. The number of aliphatic hydroxyl groups is 1. The second kappa shape index (κ2) is 5.09. The van der Waals surface area contributed by atoms with Crippen LogP contribution in [-0.4, -0.2) is 21.9 Å². The molecule has 0 atom stereocenters. The number of phenolic OH excluding ortho intramolecular Hbond substituents is 2. The Morgan fingerprint density at radius 1 is 0.900 bits per heavy atom. The predicted molar refractivity (Wildman–Crippen MR) is 69.7 cm³/mol. The fourth-order valence-electron chi connectivity index (χ4n) is 2.05. The Hall–Kier alpha value is -2.14. The van der Waals surface area contributed by atoms with E-state index in [-0.39, 0.29) is 6.61 Å². The van der Waals surface area contributed by atoms with Gasteiger partial charge in [-0.05, 0) is 42.3 Å². The minimum absolute atomic E-state index is 0.387. The highest BCUT2D eigenvalue weighted by Gasteiger charge is 2.30. The molecule has 0 aromatic heterocycles. The number of hydrogen-bond donors (Lipinski definition) is 3. The van der Waals surface area contributed by atoms with Crippen LogP contribution < -0.4 is 0 Å². The van der Waals surface area contributed by atoms with E-state index in [1.54, 1.807) is 6.92 Å². The van der Waals surface area contributed by atoms with Crippen LogP contribution in [0.25, 0.3) is 0 Å². The summed E-state index contributed by atoms with van der Waals surface area (Å²) in [5, 5.41) is 28.0. The molecule has 20 heavy (non-hydrogen) atoms. The molecule has 2 aromatic rings. The lowest BCUT2D eigenvalue weighted by atomic mass is 9.77. The van der Waals surface area contributed by atoms with Crippen molar-refractivity contribution in [3.8, 4) is 11.5 Å². The van der Waals surface area contributed by atoms with Crippen LogP contribution in [0.2, 0.25) is 0 Å². The number of phenols is 2. The maximum Gasteiger partial charge on any atom is 0.165 e. The van der Waals surface area contributed by atoms with Gasteiger partial charge in [-0.3, -0.25) is 0 Å². The summed E-state index contributed by atoms with van der Waals surface area (Å²) in [7, 11) is 0. The molecule has 0 heterocycles. The van der Waals surface area contributed by atoms with E-state index in [0.717, 1.165) is 12.1 Å². The SMILES string of the molecule is CC(CO)(c1ccc(O)c(F)c1)c1ccc(O)c(F)c1. The van der Waals surface area contributed by atoms with Crippen molar-refractivity contribution in [1.29, 1.82) is 0 Å². The minimum atomic E-state index is -1.05. The molecule has 0 spiro atoms. The molecule has 5 heteroatoms. The quantitative estimate of drug-likeness (QED) is 0.810. The molecule has 0 saturated carbocycles. The lowest BCUT2D eigenvalue weighted by Gasteiger charge is -2.29. The maximum atomic E-state index is 13.5. The Morgan fingerprint density at radius 3 is 1.60 bits per heavy atom. The van der Waals surface area contributed by atoms with E-state index in [0.29, 0.717) is 11.1 Å². The van der Waals surface area contributed by atoms with Crippen LogP contribution in [0, 0.1) is 11.6 Å². The zero-order valence-corrected chi connectivity index (χ0v) is 10.8. The van der Waals surface area contributed by atoms with Gasteiger partial charge >= 0.3 is 0 Å². The smallest absolute Gasteiger partial charge is 0.165 e. The van der Waals surface area contributed by atoms with Crippen LogP contribution in [0.1, 0.15) is 18.1 Å². The van der Waals surface area contributed by atoms with E-state index in [2.05, 4.69) is 0 Å². The van der Waals surface area contributed by atoms with E-state index in [1.807, 2.05) is 0 Å². The lowest BCUT2D eigenvalue weighted by Crippen LogP contribution is -2.28. The van der Waals surface area contributed by atoms with E-state index in [1.165, 1.54) is 24.3 Å². The average Bonchev–Trinajstić information content (AvgIpc) is 2.44. The van der Waals surface area contributed by atoms with E-state index < -0.39 is 28.5 Å². The van der Waals surface area contributed by atoms with Gasteiger partial charge in [-0.2, -0.15) is 0 Å². The summed E-state index contributed by atoms with van der Waals surface area (Å²) in [6.45, 7) is 1.23. The Balaban J connectivity index is 2.57. The third-order valence-electron chi connectivity index (χ3n) is 3.49. The van der Waals surface area contributed by atoms with Gasteiger partial charge in [0.1, 0.15) is 0 Å². The van der Waals surface area contributed by atoms with Crippen molar-refractivity contribution >= 4 is 0 Å². The molecule has 0 aliphatic rings. The van der Waals surface area contributed by atoms with Gasteiger partial charge in [-0.15, -0.1) is 0 Å². The highest BCUT2D eigenvalue weighted by atomic mass is 19.1. The summed E-state index contributed by atoms with van der Waals surface area (Å²) in [5.41, 5.74) is -0.274. The van der Waals surface area contributed by atoms with Crippen molar-refractivity contribution < 1.29 is 24.1 Å². The molecule has 2 rings (SSSR count). The Morgan fingerprint density at radius 2 is 1.30 bits per heavy atom. The molecule has 2 aromatic carbocycles. The highest BCUT2D eigenvalue weighted by molar-refractivity contribution is 5.43. The van der Waals surface area contributed by atoms with Gasteiger partial charge in [0.05, 0.1) is 6.61 Å². The number of rotatable bonds is 3. The first-order chi connectivity index (χ1) is 9.38. The minimum Gasteiger partial charge on any atom is -0.505 e. The fourth-order valence-corrected chi connectivity index (χ4v) is 2.05. The largest absolute Gasteiger partial charge is 0.505 e. The van der Waals surface area contributed by atoms with Crippen molar-refractivity contribution in [2.75, 3.05) is 6.61 Å². The molecular weight excluding hydrogens is 266 g/mol. The Bertz CT molecular complexity index is 590. The summed E-state index contributed by atoms with van der Waals surface area (Å²) in [5.74, 6) is -2.63. The van der Waals surface area contributed by atoms with Gasteiger partial charge in [0, 0.05) is 5.41 Å². The summed E-state index contributed by atoms with van der Waals surface area (Å²) in [6, 6.07) is 7.45. The van der Waals surface area contributed by atoms with Crippen molar-refractivity contribution in [3.05, 3.63) is 59.2 Å². The molecule has 106 valence electrons. The zero-order chi connectivity index (χ0) is 14.9. The van der Waals surface area contributed by atoms with Crippen LogP contribution in [-0.2, 0) is 5.41 Å². The van der Waals surface area contributed by atoms with Gasteiger partial charge in [-0.1, -0.05) is 12.1 Å². The predicted octanol–water partition coefficient (Wildman–Crippen LogP) is 2.67. The molecule has 0 bridgehead atoms. The first kappa shape index (κ1) is 14.3. The number of hydrogen-bond acceptors (Lipinski definition) is 3. The molecule has 3 nitrogen and oxygen atoms in total. The molecule has 3 N–H and O–H groups in total. The van der Waals surface area contributed by atoms with Crippen LogP contribution in [0.4, 0.5) is 8.78 Å². The topological polar surface area (TPSA) is 60.7 Å². The molecule has 0 fully saturated rings. The van der Waals surface area contributed by atoms with E-state index in [9.17, 15) is 24.1 Å². The summed E-state index contributed by atoms with van der Waals surface area (Å²) in [4.78, 5) is 0. The second-order valence-electron chi connectivity index (χ2n) is 4.82. The molecule has 0 aliphatic heterocycles. The summed E-state index contributed by atoms with van der Waals surface area (Å²) >= 11 is 0. The molecule has 0 unspecified atom stereocenters. The standard InChI is InChI=1S/C15H14F2O3/c1-15(8-18,9-2-4-13(19)11(16)6-9)10-3-5-14(20)12(17)7-10/h2-7,18-20H,8H2,1H3. The lowest BCUT2D eigenvalue weighted by molar-refractivity contribution is 0.230. The maximum absolute atomic E-state index is 13.5. The number of halogens is 2. The zero-order valence-electron chi connectivity index (χ0n) is 10.8. The summed E-state index contributed by atoms with van der Waals surface area (Å²) < 4.78 is 26.9. The molecule has 0 saturated heterocycles.